The fourth-order valence-corrected chi connectivity index (χ4v) is 1.54. The highest BCUT2D eigenvalue weighted by molar-refractivity contribution is 9.10. The lowest BCUT2D eigenvalue weighted by molar-refractivity contribution is 0.0343. The molecule has 0 saturated carbocycles. The zero-order valence-corrected chi connectivity index (χ0v) is 11.2. The summed E-state index contributed by atoms with van der Waals surface area (Å²) >= 11 is 3.39. The first-order chi connectivity index (χ1) is 6.94. The van der Waals surface area contributed by atoms with Crippen molar-refractivity contribution in [2.75, 3.05) is 19.0 Å². The van der Waals surface area contributed by atoms with Gasteiger partial charge in [0.2, 0.25) is 0 Å². The van der Waals surface area contributed by atoms with Crippen LogP contribution in [-0.2, 0) is 4.74 Å². The smallest absolute Gasteiger partial charge is 0.129 e. The van der Waals surface area contributed by atoms with Crippen molar-refractivity contribution in [1.29, 1.82) is 0 Å². The fourth-order valence-electron chi connectivity index (χ4n) is 1.09. The number of halogens is 1. The summed E-state index contributed by atoms with van der Waals surface area (Å²) in [6.45, 7) is 6.83. The van der Waals surface area contributed by atoms with Crippen molar-refractivity contribution in [2.24, 2.45) is 0 Å². The van der Waals surface area contributed by atoms with E-state index < -0.39 is 0 Å². The van der Waals surface area contributed by atoms with Gasteiger partial charge in [-0.15, -0.1) is 0 Å². The molecule has 1 aromatic rings. The molecule has 0 bridgehead atoms. The zero-order chi connectivity index (χ0) is 11.5. The summed E-state index contributed by atoms with van der Waals surface area (Å²) < 4.78 is 6.32. The maximum absolute atomic E-state index is 5.32. The van der Waals surface area contributed by atoms with Crippen LogP contribution in [-0.4, -0.2) is 24.2 Å². The molecular weight excluding hydrogens is 256 g/mol. The number of ether oxygens (including phenoxy) is 1. The van der Waals surface area contributed by atoms with Gasteiger partial charge in [0, 0.05) is 24.3 Å². The predicted molar refractivity (Wildman–Crippen MR) is 66.3 cm³/mol. The molecule has 3 nitrogen and oxygen atoms in total. The van der Waals surface area contributed by atoms with Crippen LogP contribution in [0.1, 0.15) is 19.4 Å². The van der Waals surface area contributed by atoms with E-state index in [9.17, 15) is 0 Å². The van der Waals surface area contributed by atoms with Crippen LogP contribution in [0.5, 0.6) is 0 Å². The normalized spacial score (nSPS) is 11.5. The van der Waals surface area contributed by atoms with Gasteiger partial charge in [-0.05, 0) is 48.3 Å². The Morgan fingerprint density at radius 3 is 2.73 bits per heavy atom. The lowest BCUT2D eigenvalue weighted by Crippen LogP contribution is -2.32. The molecule has 0 fully saturated rings. The number of hydrogen-bond donors (Lipinski definition) is 1. The van der Waals surface area contributed by atoms with Crippen molar-refractivity contribution >= 4 is 21.7 Å². The van der Waals surface area contributed by atoms with E-state index >= 15 is 0 Å². The van der Waals surface area contributed by atoms with Crippen molar-refractivity contribution in [1.82, 2.24) is 4.98 Å². The Morgan fingerprint density at radius 1 is 1.53 bits per heavy atom. The third kappa shape index (κ3) is 3.80. The van der Waals surface area contributed by atoms with Gasteiger partial charge < -0.3 is 10.1 Å². The third-order valence-electron chi connectivity index (χ3n) is 2.28. The summed E-state index contributed by atoms with van der Waals surface area (Å²) in [5.74, 6) is 0.906. The number of nitrogens with one attached hydrogen (secondary N) is 1. The molecule has 0 unspecified atom stereocenters. The van der Waals surface area contributed by atoms with Crippen molar-refractivity contribution < 1.29 is 4.74 Å². The second kappa shape index (κ2) is 4.94. The summed E-state index contributed by atoms with van der Waals surface area (Å²) in [7, 11) is 1.71. The van der Waals surface area contributed by atoms with Crippen LogP contribution < -0.4 is 5.32 Å². The second-order valence-electron chi connectivity index (χ2n) is 4.14. The minimum absolute atomic E-state index is 0.179. The summed E-state index contributed by atoms with van der Waals surface area (Å²) in [5, 5.41) is 3.27. The first-order valence-corrected chi connectivity index (χ1v) is 5.65. The van der Waals surface area contributed by atoms with Crippen molar-refractivity contribution in [3.63, 3.8) is 0 Å². The molecule has 0 radical (unpaired) electrons. The van der Waals surface area contributed by atoms with Crippen LogP contribution in [0.25, 0.3) is 0 Å². The van der Waals surface area contributed by atoms with Crippen molar-refractivity contribution in [3.8, 4) is 0 Å². The Bertz CT molecular complexity index is 339. The number of aromatic nitrogens is 1. The minimum atomic E-state index is -0.179. The minimum Gasteiger partial charge on any atom is -0.377 e. The lowest BCUT2D eigenvalue weighted by Gasteiger charge is -2.23. The number of anilines is 1. The van der Waals surface area contributed by atoms with Gasteiger partial charge in [0.15, 0.2) is 0 Å². The molecule has 0 aliphatic rings. The van der Waals surface area contributed by atoms with Crippen molar-refractivity contribution in [2.45, 2.75) is 26.4 Å². The first kappa shape index (κ1) is 12.5. The maximum atomic E-state index is 5.32. The summed E-state index contributed by atoms with van der Waals surface area (Å²) in [5.41, 5.74) is 0.942. The molecule has 4 heteroatoms. The average Bonchev–Trinajstić information content (AvgIpc) is 2.16. The molecule has 0 aromatic carbocycles. The van der Waals surface area contributed by atoms with Gasteiger partial charge in [-0.2, -0.15) is 0 Å². The zero-order valence-electron chi connectivity index (χ0n) is 9.60. The molecule has 0 aliphatic carbocycles. The van der Waals surface area contributed by atoms with E-state index in [1.165, 1.54) is 0 Å². The monoisotopic (exact) mass is 272 g/mol. The standard InChI is InChI=1S/C11H17BrN2O/c1-8-5-9(12)6-13-10(8)14-7-11(2,3)15-4/h5-6H,7H2,1-4H3,(H,13,14). The van der Waals surface area contributed by atoms with Crippen LogP contribution in [0, 0.1) is 6.92 Å². The van der Waals surface area contributed by atoms with Crippen LogP contribution >= 0.6 is 15.9 Å². The molecule has 1 heterocycles. The Hall–Kier alpha value is -0.610. The van der Waals surface area contributed by atoms with Gasteiger partial charge in [0.05, 0.1) is 5.60 Å². The summed E-state index contributed by atoms with van der Waals surface area (Å²) in [6.07, 6.45) is 1.79. The predicted octanol–water partition coefficient (Wildman–Crippen LogP) is 2.99. The first-order valence-electron chi connectivity index (χ1n) is 4.86. The van der Waals surface area contributed by atoms with Gasteiger partial charge in [-0.1, -0.05) is 0 Å². The molecule has 0 amide bonds. The van der Waals surface area contributed by atoms with E-state index in [-0.39, 0.29) is 5.60 Å². The van der Waals surface area contributed by atoms with E-state index in [2.05, 4.69) is 26.2 Å². The highest BCUT2D eigenvalue weighted by atomic mass is 79.9. The summed E-state index contributed by atoms with van der Waals surface area (Å²) in [4.78, 5) is 4.30. The molecule has 1 aromatic heterocycles. The van der Waals surface area contributed by atoms with Gasteiger partial charge in [0.25, 0.3) is 0 Å². The van der Waals surface area contributed by atoms with Gasteiger partial charge in [0.1, 0.15) is 5.82 Å². The Kier molecular flexibility index (Phi) is 4.11. The molecule has 0 atom stereocenters. The third-order valence-corrected chi connectivity index (χ3v) is 2.71. The Morgan fingerprint density at radius 2 is 2.20 bits per heavy atom. The molecule has 1 N–H and O–H groups in total. The molecule has 0 aliphatic heterocycles. The number of aryl methyl sites for hydroxylation is 1. The Labute approximate surface area is 99.4 Å². The molecule has 1 rings (SSSR count). The van der Waals surface area contributed by atoms with Gasteiger partial charge >= 0.3 is 0 Å². The lowest BCUT2D eigenvalue weighted by atomic mass is 10.1. The topological polar surface area (TPSA) is 34.1 Å². The summed E-state index contributed by atoms with van der Waals surface area (Å²) in [6, 6.07) is 2.04. The number of rotatable bonds is 4. The number of pyridine rings is 1. The number of methoxy groups -OCH3 is 1. The SMILES string of the molecule is COC(C)(C)CNc1ncc(Br)cc1C. The van der Waals surface area contributed by atoms with Crippen LogP contribution in [0.2, 0.25) is 0 Å². The van der Waals surface area contributed by atoms with Crippen LogP contribution in [0.4, 0.5) is 5.82 Å². The van der Waals surface area contributed by atoms with Crippen molar-refractivity contribution in [3.05, 3.63) is 22.3 Å². The molecule has 84 valence electrons. The number of hydrogen-bond acceptors (Lipinski definition) is 3. The quantitative estimate of drug-likeness (QED) is 0.915. The van der Waals surface area contributed by atoms with E-state index in [4.69, 9.17) is 4.74 Å². The Balaban J connectivity index is 2.66. The maximum Gasteiger partial charge on any atom is 0.129 e. The molecule has 0 spiro atoms. The average molecular weight is 273 g/mol. The van der Waals surface area contributed by atoms with E-state index in [1.54, 1.807) is 13.3 Å². The highest BCUT2D eigenvalue weighted by Gasteiger charge is 2.16. The molecular formula is C11H17BrN2O. The van der Waals surface area contributed by atoms with Gasteiger partial charge in [-0.3, -0.25) is 0 Å². The van der Waals surface area contributed by atoms with Crippen LogP contribution in [0.3, 0.4) is 0 Å². The second-order valence-corrected chi connectivity index (χ2v) is 5.05. The molecule has 15 heavy (non-hydrogen) atoms. The highest BCUT2D eigenvalue weighted by Crippen LogP contribution is 2.18. The van der Waals surface area contributed by atoms with Crippen LogP contribution in [0.15, 0.2) is 16.7 Å². The number of nitrogens with zero attached hydrogens (tertiary/aromatic N) is 1. The fraction of sp³-hybridized carbons (Fsp3) is 0.545. The van der Waals surface area contributed by atoms with E-state index in [0.717, 1.165) is 22.4 Å². The molecule has 0 saturated heterocycles. The largest absolute Gasteiger partial charge is 0.377 e. The van der Waals surface area contributed by atoms with Gasteiger partial charge in [-0.25, -0.2) is 4.98 Å². The van der Waals surface area contributed by atoms with E-state index in [1.807, 2.05) is 26.8 Å². The van der Waals surface area contributed by atoms with E-state index in [0.29, 0.717) is 0 Å².